The van der Waals surface area contributed by atoms with Crippen molar-refractivity contribution in [3.8, 4) is 28.4 Å². The summed E-state index contributed by atoms with van der Waals surface area (Å²) >= 11 is 3.55. The Hall–Kier alpha value is -3.98. The van der Waals surface area contributed by atoms with Crippen LogP contribution in [0.4, 0.5) is 0 Å². The third-order valence-electron chi connectivity index (χ3n) is 5.21. The highest BCUT2D eigenvalue weighted by Gasteiger charge is 2.17. The average molecular weight is 503 g/mol. The van der Waals surface area contributed by atoms with Gasteiger partial charge >= 0.3 is 5.69 Å². The number of ether oxygens (including phenoxy) is 1. The second-order valence-electron chi connectivity index (χ2n) is 7.30. The monoisotopic (exact) mass is 502 g/mol. The van der Waals surface area contributed by atoms with Crippen molar-refractivity contribution in [2.45, 2.75) is 6.61 Å². The summed E-state index contributed by atoms with van der Waals surface area (Å²) in [5.74, 6) is 0.464. The van der Waals surface area contributed by atoms with Gasteiger partial charge in [-0.05, 0) is 55.7 Å². The number of nitrogens with zero attached hydrogens (tertiary/aromatic N) is 6. The molecule has 2 aromatic heterocycles. The van der Waals surface area contributed by atoms with Crippen molar-refractivity contribution in [1.29, 1.82) is 0 Å². The van der Waals surface area contributed by atoms with Gasteiger partial charge in [-0.2, -0.15) is 9.36 Å². The van der Waals surface area contributed by atoms with E-state index >= 15 is 0 Å². The van der Waals surface area contributed by atoms with E-state index in [1.54, 1.807) is 17.8 Å². The van der Waals surface area contributed by atoms with E-state index in [4.69, 9.17) is 4.74 Å². The summed E-state index contributed by atoms with van der Waals surface area (Å²) in [4.78, 5) is 12.6. The lowest BCUT2D eigenvalue weighted by atomic mass is 9.98. The predicted octanol–water partition coefficient (Wildman–Crippen LogP) is 4.16. The first-order valence-electron chi connectivity index (χ1n) is 10.2. The number of para-hydroxylation sites is 1. The predicted molar refractivity (Wildman–Crippen MR) is 128 cm³/mol. The SMILES string of the molecule is Cn1nnn(-c2cccc(-c3ccccc3)c2COc2ccn(-c3ccccc3Br)n2)c1=O. The van der Waals surface area contributed by atoms with Crippen LogP contribution in [-0.2, 0) is 13.7 Å². The van der Waals surface area contributed by atoms with Crippen molar-refractivity contribution in [2.24, 2.45) is 7.05 Å². The van der Waals surface area contributed by atoms with E-state index in [1.807, 2.05) is 79.0 Å². The van der Waals surface area contributed by atoms with Gasteiger partial charge in [0.15, 0.2) is 0 Å². The molecular weight excluding hydrogens is 484 g/mol. The Balaban J connectivity index is 1.53. The number of aryl methyl sites for hydroxylation is 1. The lowest BCUT2D eigenvalue weighted by Gasteiger charge is -2.14. The second-order valence-corrected chi connectivity index (χ2v) is 8.16. The first kappa shape index (κ1) is 20.9. The molecule has 0 atom stereocenters. The molecule has 8 nitrogen and oxygen atoms in total. The third kappa shape index (κ3) is 4.10. The summed E-state index contributed by atoms with van der Waals surface area (Å²) in [6.45, 7) is 0.191. The molecule has 164 valence electrons. The van der Waals surface area contributed by atoms with Gasteiger partial charge < -0.3 is 4.74 Å². The van der Waals surface area contributed by atoms with Crippen molar-refractivity contribution in [3.05, 3.63) is 106 Å². The van der Waals surface area contributed by atoms with Crippen LogP contribution < -0.4 is 10.4 Å². The Bertz CT molecular complexity index is 1470. The molecule has 0 unspecified atom stereocenters. The van der Waals surface area contributed by atoms with Gasteiger partial charge in [-0.3, -0.25) is 0 Å². The van der Waals surface area contributed by atoms with Crippen molar-refractivity contribution in [3.63, 3.8) is 0 Å². The van der Waals surface area contributed by atoms with Gasteiger partial charge in [0.1, 0.15) is 6.61 Å². The molecule has 2 heterocycles. The van der Waals surface area contributed by atoms with Crippen LogP contribution in [0.15, 0.2) is 94.3 Å². The zero-order chi connectivity index (χ0) is 22.8. The highest BCUT2D eigenvalue weighted by molar-refractivity contribution is 9.10. The molecule has 0 radical (unpaired) electrons. The smallest absolute Gasteiger partial charge is 0.368 e. The zero-order valence-electron chi connectivity index (χ0n) is 17.7. The van der Waals surface area contributed by atoms with Crippen LogP contribution in [0.1, 0.15) is 5.56 Å². The molecule has 3 aromatic carbocycles. The summed E-state index contributed by atoms with van der Waals surface area (Å²) in [6, 6.07) is 25.3. The molecule has 0 aliphatic rings. The van der Waals surface area contributed by atoms with Gasteiger partial charge in [0.05, 0.1) is 11.4 Å². The van der Waals surface area contributed by atoms with E-state index in [2.05, 4.69) is 31.5 Å². The minimum atomic E-state index is -0.334. The maximum absolute atomic E-state index is 12.6. The molecule has 0 fully saturated rings. The Morgan fingerprint density at radius 3 is 2.39 bits per heavy atom. The van der Waals surface area contributed by atoms with Gasteiger partial charge in [-0.25, -0.2) is 9.48 Å². The molecule has 0 aliphatic carbocycles. The minimum absolute atomic E-state index is 0.191. The summed E-state index contributed by atoms with van der Waals surface area (Å²) in [6.07, 6.45) is 1.84. The van der Waals surface area contributed by atoms with Crippen LogP contribution >= 0.6 is 15.9 Å². The van der Waals surface area contributed by atoms with Crippen LogP contribution in [0.2, 0.25) is 0 Å². The summed E-state index contributed by atoms with van der Waals surface area (Å²) in [5.41, 5.74) is 3.94. The molecule has 0 bridgehead atoms. The van der Waals surface area contributed by atoms with Crippen LogP contribution in [0.5, 0.6) is 5.88 Å². The average Bonchev–Trinajstić information content (AvgIpc) is 3.45. The molecule has 0 saturated carbocycles. The van der Waals surface area contributed by atoms with Gasteiger partial charge in [0, 0.05) is 29.3 Å². The van der Waals surface area contributed by atoms with E-state index in [0.29, 0.717) is 11.6 Å². The number of aromatic nitrogens is 6. The quantitative estimate of drug-likeness (QED) is 0.348. The largest absolute Gasteiger partial charge is 0.472 e. The highest BCUT2D eigenvalue weighted by atomic mass is 79.9. The highest BCUT2D eigenvalue weighted by Crippen LogP contribution is 2.29. The first-order chi connectivity index (χ1) is 16.1. The maximum atomic E-state index is 12.6. The third-order valence-corrected chi connectivity index (χ3v) is 5.88. The van der Waals surface area contributed by atoms with E-state index in [9.17, 15) is 4.79 Å². The Labute approximate surface area is 197 Å². The number of hydrogen-bond acceptors (Lipinski definition) is 5. The number of rotatable bonds is 6. The molecular formula is C24H19BrN6O2. The topological polar surface area (TPSA) is 79.8 Å². The molecule has 0 N–H and O–H groups in total. The zero-order valence-corrected chi connectivity index (χ0v) is 19.3. The Morgan fingerprint density at radius 2 is 1.64 bits per heavy atom. The van der Waals surface area contributed by atoms with Gasteiger partial charge in [0.2, 0.25) is 5.88 Å². The summed E-state index contributed by atoms with van der Waals surface area (Å²) < 4.78 is 11.2. The summed E-state index contributed by atoms with van der Waals surface area (Å²) in [7, 11) is 1.57. The number of benzene rings is 3. The normalized spacial score (nSPS) is 11.0. The van der Waals surface area contributed by atoms with Crippen LogP contribution in [0.3, 0.4) is 0 Å². The molecule has 0 aliphatic heterocycles. The fourth-order valence-corrected chi connectivity index (χ4v) is 4.05. The van der Waals surface area contributed by atoms with Crippen molar-refractivity contribution in [1.82, 2.24) is 29.6 Å². The van der Waals surface area contributed by atoms with Crippen LogP contribution in [0.25, 0.3) is 22.5 Å². The second kappa shape index (κ2) is 8.87. The minimum Gasteiger partial charge on any atom is -0.472 e. The Kier molecular flexibility index (Phi) is 5.62. The van der Waals surface area contributed by atoms with E-state index in [-0.39, 0.29) is 12.3 Å². The number of tetrazole rings is 1. The standard InChI is InChI=1S/C24H19BrN6O2/c1-29-24(32)31(28-27-29)21-13-7-10-18(17-8-3-2-4-9-17)19(21)16-33-23-14-15-30(26-23)22-12-6-5-11-20(22)25/h2-15H,16H2,1H3. The molecule has 0 saturated heterocycles. The molecule has 0 amide bonds. The van der Waals surface area contributed by atoms with Gasteiger partial charge in [0.25, 0.3) is 0 Å². The Morgan fingerprint density at radius 1 is 0.879 bits per heavy atom. The molecule has 5 rings (SSSR count). The first-order valence-corrected chi connectivity index (χ1v) is 11.0. The lowest BCUT2D eigenvalue weighted by Crippen LogP contribution is -2.23. The molecule has 5 aromatic rings. The van der Waals surface area contributed by atoms with E-state index < -0.39 is 0 Å². The van der Waals surface area contributed by atoms with E-state index in [1.165, 1.54) is 9.36 Å². The van der Waals surface area contributed by atoms with E-state index in [0.717, 1.165) is 26.9 Å². The molecule has 33 heavy (non-hydrogen) atoms. The number of hydrogen-bond donors (Lipinski definition) is 0. The van der Waals surface area contributed by atoms with Crippen LogP contribution in [0, 0.1) is 0 Å². The van der Waals surface area contributed by atoms with Gasteiger partial charge in [-0.15, -0.1) is 5.10 Å². The fourth-order valence-electron chi connectivity index (χ4n) is 3.58. The van der Waals surface area contributed by atoms with Gasteiger partial charge in [-0.1, -0.05) is 54.6 Å². The van der Waals surface area contributed by atoms with Crippen molar-refractivity contribution >= 4 is 15.9 Å². The maximum Gasteiger partial charge on any atom is 0.368 e. The molecule has 9 heteroatoms. The van der Waals surface area contributed by atoms with Crippen molar-refractivity contribution < 1.29 is 4.74 Å². The molecule has 0 spiro atoms. The lowest BCUT2D eigenvalue weighted by molar-refractivity contribution is 0.292. The summed E-state index contributed by atoms with van der Waals surface area (Å²) in [5, 5.41) is 12.4. The van der Waals surface area contributed by atoms with Crippen LogP contribution in [-0.4, -0.2) is 29.6 Å². The fraction of sp³-hybridized carbons (Fsp3) is 0.0833. The number of halogens is 1. The van der Waals surface area contributed by atoms with Crippen molar-refractivity contribution in [2.75, 3.05) is 0 Å².